The number of rotatable bonds is 7. The summed E-state index contributed by atoms with van der Waals surface area (Å²) in [7, 11) is 3.49. The summed E-state index contributed by atoms with van der Waals surface area (Å²) in [5.41, 5.74) is 7.43. The van der Waals surface area contributed by atoms with Crippen molar-refractivity contribution in [1.82, 2.24) is 4.98 Å². The maximum atomic E-state index is 12.1. The van der Waals surface area contributed by atoms with E-state index in [9.17, 15) is 9.90 Å². The highest BCUT2D eigenvalue weighted by molar-refractivity contribution is 5.95. The van der Waals surface area contributed by atoms with E-state index in [2.05, 4.69) is 69.6 Å². The van der Waals surface area contributed by atoms with Gasteiger partial charge in [-0.15, -0.1) is 0 Å². The number of esters is 1. The second-order valence-electron chi connectivity index (χ2n) is 9.40. The van der Waals surface area contributed by atoms with E-state index < -0.39 is 0 Å². The van der Waals surface area contributed by atoms with Crippen LogP contribution in [0.1, 0.15) is 40.2 Å². The van der Waals surface area contributed by atoms with Crippen molar-refractivity contribution in [2.75, 3.05) is 48.9 Å². The minimum Gasteiger partial charge on any atom is -0.465 e. The molecule has 7 heteroatoms. The van der Waals surface area contributed by atoms with E-state index in [4.69, 9.17) is 4.74 Å². The number of ether oxygens (including phenoxy) is 1. The average molecular weight is 473 g/mol. The van der Waals surface area contributed by atoms with Gasteiger partial charge in [0.25, 0.3) is 0 Å². The molecule has 182 valence electrons. The number of benzene rings is 2. The van der Waals surface area contributed by atoms with Gasteiger partial charge in [0.2, 0.25) is 0 Å². The Labute approximate surface area is 206 Å². The molecule has 1 aromatic heterocycles. The zero-order valence-electron chi connectivity index (χ0n) is 20.3. The van der Waals surface area contributed by atoms with Crippen LogP contribution in [0.2, 0.25) is 0 Å². The number of aryl methyl sites for hydroxylation is 1. The van der Waals surface area contributed by atoms with Crippen molar-refractivity contribution in [1.29, 1.82) is 0 Å². The lowest BCUT2D eigenvalue weighted by atomic mass is 9.82. The van der Waals surface area contributed by atoms with Crippen molar-refractivity contribution >= 4 is 28.7 Å². The van der Waals surface area contributed by atoms with E-state index in [-0.39, 0.29) is 12.1 Å². The molecule has 2 aliphatic rings. The predicted molar refractivity (Wildman–Crippen MR) is 139 cm³/mol. The zero-order chi connectivity index (χ0) is 24.4. The second-order valence-corrected chi connectivity index (χ2v) is 9.40. The lowest BCUT2D eigenvalue weighted by Gasteiger charge is -2.38. The number of nitrogens with zero attached hydrogens (tertiary/aromatic N) is 3. The molecule has 1 atom stereocenters. The summed E-state index contributed by atoms with van der Waals surface area (Å²) in [6.07, 6.45) is 6.41. The summed E-state index contributed by atoms with van der Waals surface area (Å²) in [5.74, 6) is 0.0112. The number of carbonyl (C=O) groups excluding carboxylic acids is 1. The quantitative estimate of drug-likeness (QED) is 0.495. The number of anilines is 4. The standard InChI is InChI=1S/C28H32N4O3/c1-31(21-6-8-22(9-7-21)32-17-24(33)18-32)23-10-11-25-19(14-23)4-3-5-20(25)15-30-27-16-29-13-12-26(27)28(34)35-2/h6-14,16,20,24,30,33H,3-5,15,17-18H2,1-2H3/t20-/m0/s1. The first-order valence-electron chi connectivity index (χ1n) is 12.2. The Hall–Kier alpha value is -3.58. The molecule has 2 N–H and O–H groups in total. The smallest absolute Gasteiger partial charge is 0.340 e. The van der Waals surface area contributed by atoms with Crippen molar-refractivity contribution in [3.05, 3.63) is 77.6 Å². The molecule has 2 heterocycles. The van der Waals surface area contributed by atoms with Gasteiger partial charge in [0.1, 0.15) is 0 Å². The summed E-state index contributed by atoms with van der Waals surface area (Å²) in [4.78, 5) is 20.6. The average Bonchev–Trinajstić information content (AvgIpc) is 2.89. The van der Waals surface area contributed by atoms with E-state index in [1.54, 1.807) is 18.5 Å². The van der Waals surface area contributed by atoms with Gasteiger partial charge < -0.3 is 25.0 Å². The maximum absolute atomic E-state index is 12.1. The normalized spacial score (nSPS) is 17.3. The Balaban J connectivity index is 1.28. The highest BCUT2D eigenvalue weighted by atomic mass is 16.5. The van der Waals surface area contributed by atoms with Crippen LogP contribution in [-0.4, -0.2) is 56.0 Å². The number of hydrogen-bond acceptors (Lipinski definition) is 7. The first kappa shape index (κ1) is 23.2. The van der Waals surface area contributed by atoms with E-state index in [1.165, 1.54) is 23.9 Å². The van der Waals surface area contributed by atoms with E-state index >= 15 is 0 Å². The SMILES string of the molecule is COC(=O)c1ccncc1NC[C@@H]1CCCc2cc(N(C)c3ccc(N4CC(O)C4)cc3)ccc21. The topological polar surface area (TPSA) is 77.9 Å². The molecule has 1 saturated heterocycles. The largest absolute Gasteiger partial charge is 0.465 e. The number of carbonyl (C=O) groups is 1. The van der Waals surface area contributed by atoms with Gasteiger partial charge in [-0.2, -0.15) is 0 Å². The molecule has 0 unspecified atom stereocenters. The number of pyridine rings is 1. The Morgan fingerprint density at radius 1 is 1.17 bits per heavy atom. The van der Waals surface area contributed by atoms with Gasteiger partial charge in [0, 0.05) is 55.9 Å². The molecule has 2 aromatic carbocycles. The van der Waals surface area contributed by atoms with Crippen LogP contribution in [-0.2, 0) is 11.2 Å². The zero-order valence-corrected chi connectivity index (χ0v) is 20.3. The van der Waals surface area contributed by atoms with Crippen molar-refractivity contribution in [2.24, 2.45) is 0 Å². The Morgan fingerprint density at radius 3 is 2.69 bits per heavy atom. The molecule has 0 spiro atoms. The number of nitrogens with one attached hydrogen (secondary N) is 1. The van der Waals surface area contributed by atoms with Crippen LogP contribution < -0.4 is 15.1 Å². The molecular formula is C28H32N4O3. The van der Waals surface area contributed by atoms with Crippen molar-refractivity contribution in [3.8, 4) is 0 Å². The van der Waals surface area contributed by atoms with E-state index in [0.29, 0.717) is 30.3 Å². The molecule has 5 rings (SSSR count). The number of aliphatic hydroxyl groups excluding tert-OH is 1. The minimum atomic E-state index is -0.359. The van der Waals surface area contributed by atoms with Crippen LogP contribution in [0.4, 0.5) is 22.7 Å². The molecule has 1 aliphatic carbocycles. The Bertz CT molecular complexity index is 1190. The van der Waals surface area contributed by atoms with Crippen molar-refractivity contribution < 1.29 is 14.6 Å². The molecule has 0 radical (unpaired) electrons. The molecular weight excluding hydrogens is 440 g/mol. The molecule has 0 bridgehead atoms. The minimum absolute atomic E-state index is 0.203. The van der Waals surface area contributed by atoms with Gasteiger partial charge in [-0.05, 0) is 72.9 Å². The van der Waals surface area contributed by atoms with Gasteiger partial charge in [0.15, 0.2) is 0 Å². The molecule has 1 aliphatic heterocycles. The van der Waals surface area contributed by atoms with Crippen LogP contribution >= 0.6 is 0 Å². The van der Waals surface area contributed by atoms with Crippen LogP contribution in [0, 0.1) is 0 Å². The molecule has 3 aromatic rings. The van der Waals surface area contributed by atoms with Crippen LogP contribution in [0.5, 0.6) is 0 Å². The lowest BCUT2D eigenvalue weighted by molar-refractivity contribution is 0.0601. The van der Waals surface area contributed by atoms with Crippen LogP contribution in [0.3, 0.4) is 0 Å². The summed E-state index contributed by atoms with van der Waals surface area (Å²) in [6, 6.07) is 17.0. The number of aliphatic hydroxyl groups is 1. The number of methoxy groups -OCH3 is 1. The highest BCUT2D eigenvalue weighted by Crippen LogP contribution is 2.36. The number of β-amino-alcohol motifs (C(OH)–C–C–N with tert-alkyl or cyclic N) is 1. The predicted octanol–water partition coefficient (Wildman–Crippen LogP) is 4.35. The van der Waals surface area contributed by atoms with Gasteiger partial charge >= 0.3 is 5.97 Å². The molecule has 0 amide bonds. The monoisotopic (exact) mass is 472 g/mol. The Morgan fingerprint density at radius 2 is 1.94 bits per heavy atom. The van der Waals surface area contributed by atoms with Gasteiger partial charge in [-0.1, -0.05) is 6.07 Å². The fraction of sp³-hybridized carbons (Fsp3) is 0.357. The fourth-order valence-corrected chi connectivity index (χ4v) is 5.08. The number of fused-ring (bicyclic) bond motifs is 1. The molecule has 35 heavy (non-hydrogen) atoms. The van der Waals surface area contributed by atoms with Gasteiger partial charge in [-0.3, -0.25) is 4.98 Å². The molecule has 7 nitrogen and oxygen atoms in total. The van der Waals surface area contributed by atoms with Crippen molar-refractivity contribution in [3.63, 3.8) is 0 Å². The third kappa shape index (κ3) is 4.82. The summed E-state index contributed by atoms with van der Waals surface area (Å²) in [6.45, 7) is 2.16. The van der Waals surface area contributed by atoms with Crippen LogP contribution in [0.25, 0.3) is 0 Å². The highest BCUT2D eigenvalue weighted by Gasteiger charge is 2.25. The molecule has 0 saturated carbocycles. The Kier molecular flexibility index (Phi) is 6.59. The lowest BCUT2D eigenvalue weighted by Crippen LogP contribution is -2.50. The van der Waals surface area contributed by atoms with Crippen molar-refractivity contribution in [2.45, 2.75) is 31.3 Å². The van der Waals surface area contributed by atoms with E-state index in [0.717, 1.165) is 37.2 Å². The second kappa shape index (κ2) is 9.96. The summed E-state index contributed by atoms with van der Waals surface area (Å²) >= 11 is 0. The van der Waals surface area contributed by atoms with E-state index in [1.807, 2.05) is 0 Å². The summed E-state index contributed by atoms with van der Waals surface area (Å²) in [5, 5.41) is 13.0. The first-order chi connectivity index (χ1) is 17.0. The molecule has 1 fully saturated rings. The third-order valence-electron chi connectivity index (χ3n) is 7.18. The van der Waals surface area contributed by atoms with Gasteiger partial charge in [-0.25, -0.2) is 4.79 Å². The van der Waals surface area contributed by atoms with Crippen LogP contribution in [0.15, 0.2) is 60.9 Å². The third-order valence-corrected chi connectivity index (χ3v) is 7.18. The van der Waals surface area contributed by atoms with Gasteiger partial charge in [0.05, 0.1) is 30.7 Å². The maximum Gasteiger partial charge on any atom is 0.340 e. The number of aromatic nitrogens is 1. The fourth-order valence-electron chi connectivity index (χ4n) is 5.08. The summed E-state index contributed by atoms with van der Waals surface area (Å²) < 4.78 is 4.90. The first-order valence-corrected chi connectivity index (χ1v) is 12.2. The number of hydrogen-bond donors (Lipinski definition) is 2.